The van der Waals surface area contributed by atoms with Gasteiger partial charge in [-0.15, -0.1) is 0 Å². The largest absolute Gasteiger partial charge is 0.493 e. The number of rotatable bonds is 7. The number of carbonyl (C=O) groups excluding carboxylic acids is 2. The van der Waals surface area contributed by atoms with Crippen LogP contribution in [-0.2, 0) is 17.7 Å². The summed E-state index contributed by atoms with van der Waals surface area (Å²) in [7, 11) is 4.76. The van der Waals surface area contributed by atoms with E-state index < -0.39 is 0 Å². The normalized spacial score (nSPS) is 12.9. The summed E-state index contributed by atoms with van der Waals surface area (Å²) in [5.74, 6) is 0.838. The van der Waals surface area contributed by atoms with Crippen LogP contribution in [0.1, 0.15) is 32.0 Å². The van der Waals surface area contributed by atoms with Crippen molar-refractivity contribution in [3.05, 3.63) is 52.8 Å². The molecule has 154 valence electrons. The number of ether oxygens (including phenoxy) is 3. The standard InChI is InChI=1S/C21H25N3O5/c1-27-9-7-23-20(25)15-4-6-22-17(10-15)21(26)24-8-5-14-11-18(28-2)19(29-3)12-16(14)13-24/h4,6,10-12H,5,7-9,13H2,1-3H3,(H,23,25). The van der Waals surface area contributed by atoms with Gasteiger partial charge in [0.1, 0.15) is 5.69 Å². The Balaban J connectivity index is 1.75. The number of pyridine rings is 1. The van der Waals surface area contributed by atoms with Crippen LogP contribution in [0.3, 0.4) is 0 Å². The summed E-state index contributed by atoms with van der Waals surface area (Å²) in [4.78, 5) is 31.1. The Morgan fingerprint density at radius 1 is 1.10 bits per heavy atom. The lowest BCUT2D eigenvalue weighted by molar-refractivity contribution is 0.0728. The fraction of sp³-hybridized carbons (Fsp3) is 0.381. The van der Waals surface area contributed by atoms with Crippen LogP contribution in [0.25, 0.3) is 0 Å². The average Bonchev–Trinajstić information content (AvgIpc) is 2.77. The number of aromatic nitrogens is 1. The van der Waals surface area contributed by atoms with E-state index in [1.54, 1.807) is 32.3 Å². The molecule has 8 nitrogen and oxygen atoms in total. The van der Waals surface area contributed by atoms with Crippen molar-refractivity contribution < 1.29 is 23.8 Å². The molecule has 0 spiro atoms. The van der Waals surface area contributed by atoms with Crippen LogP contribution < -0.4 is 14.8 Å². The predicted octanol–water partition coefficient (Wildman–Crippen LogP) is 1.67. The third-order valence-corrected chi connectivity index (χ3v) is 4.84. The van der Waals surface area contributed by atoms with Crippen molar-refractivity contribution in [1.82, 2.24) is 15.2 Å². The number of fused-ring (bicyclic) bond motifs is 1. The number of hydrogen-bond acceptors (Lipinski definition) is 6. The van der Waals surface area contributed by atoms with Gasteiger partial charge in [0.05, 0.1) is 20.8 Å². The van der Waals surface area contributed by atoms with E-state index in [2.05, 4.69) is 10.3 Å². The van der Waals surface area contributed by atoms with Crippen molar-refractivity contribution >= 4 is 11.8 Å². The highest BCUT2D eigenvalue weighted by atomic mass is 16.5. The van der Waals surface area contributed by atoms with Crippen LogP contribution in [-0.4, -0.2) is 62.7 Å². The summed E-state index contributed by atoms with van der Waals surface area (Å²) in [6.45, 7) is 1.83. The second-order valence-electron chi connectivity index (χ2n) is 6.63. The minimum Gasteiger partial charge on any atom is -0.493 e. The van der Waals surface area contributed by atoms with Crippen LogP contribution in [0.4, 0.5) is 0 Å². The molecule has 1 aromatic carbocycles. The monoisotopic (exact) mass is 399 g/mol. The van der Waals surface area contributed by atoms with E-state index in [0.717, 1.165) is 11.1 Å². The first kappa shape index (κ1) is 20.6. The van der Waals surface area contributed by atoms with Crippen molar-refractivity contribution in [1.29, 1.82) is 0 Å². The van der Waals surface area contributed by atoms with Gasteiger partial charge < -0.3 is 24.4 Å². The number of carbonyl (C=O) groups is 2. The Kier molecular flexibility index (Phi) is 6.66. The number of nitrogens with one attached hydrogen (secondary N) is 1. The molecule has 1 aliphatic heterocycles. The van der Waals surface area contributed by atoms with Gasteiger partial charge in [-0.05, 0) is 41.8 Å². The summed E-state index contributed by atoms with van der Waals surface area (Å²) >= 11 is 0. The Labute approximate surface area is 169 Å². The summed E-state index contributed by atoms with van der Waals surface area (Å²) in [6, 6.07) is 6.97. The van der Waals surface area contributed by atoms with Crippen LogP contribution >= 0.6 is 0 Å². The van der Waals surface area contributed by atoms with E-state index in [-0.39, 0.29) is 17.5 Å². The Morgan fingerprint density at radius 3 is 2.52 bits per heavy atom. The topological polar surface area (TPSA) is 90.0 Å². The number of methoxy groups -OCH3 is 3. The van der Waals surface area contributed by atoms with E-state index in [0.29, 0.717) is 49.7 Å². The molecule has 2 aromatic rings. The summed E-state index contributed by atoms with van der Waals surface area (Å²) in [6.07, 6.45) is 2.18. The van der Waals surface area contributed by atoms with Gasteiger partial charge in [0.25, 0.3) is 11.8 Å². The molecule has 2 amide bonds. The molecule has 0 aliphatic carbocycles. The van der Waals surface area contributed by atoms with E-state index in [1.807, 2.05) is 12.1 Å². The van der Waals surface area contributed by atoms with Crippen molar-refractivity contribution in [2.24, 2.45) is 0 Å². The molecule has 0 radical (unpaired) electrons. The highest BCUT2D eigenvalue weighted by molar-refractivity contribution is 5.98. The van der Waals surface area contributed by atoms with Gasteiger partial charge in [-0.25, -0.2) is 0 Å². The maximum Gasteiger partial charge on any atom is 0.272 e. The Bertz CT molecular complexity index is 900. The molecule has 29 heavy (non-hydrogen) atoms. The molecule has 0 bridgehead atoms. The molecule has 0 atom stereocenters. The van der Waals surface area contributed by atoms with E-state index in [9.17, 15) is 9.59 Å². The van der Waals surface area contributed by atoms with Crippen LogP contribution in [0.2, 0.25) is 0 Å². The maximum absolute atomic E-state index is 13.0. The number of nitrogens with zero attached hydrogens (tertiary/aromatic N) is 2. The van der Waals surface area contributed by atoms with Gasteiger partial charge >= 0.3 is 0 Å². The lowest BCUT2D eigenvalue weighted by atomic mass is 9.98. The van der Waals surface area contributed by atoms with Gasteiger partial charge in [0, 0.05) is 38.5 Å². The number of hydrogen-bond donors (Lipinski definition) is 1. The number of amides is 2. The van der Waals surface area contributed by atoms with Crippen molar-refractivity contribution in [3.8, 4) is 11.5 Å². The zero-order valence-electron chi connectivity index (χ0n) is 16.9. The van der Waals surface area contributed by atoms with Gasteiger partial charge in [0.2, 0.25) is 0 Å². The molecule has 0 unspecified atom stereocenters. The quantitative estimate of drug-likeness (QED) is 0.713. The molecule has 1 N–H and O–H groups in total. The van der Waals surface area contributed by atoms with Crippen molar-refractivity contribution in [2.75, 3.05) is 41.0 Å². The van der Waals surface area contributed by atoms with Gasteiger partial charge in [-0.1, -0.05) is 0 Å². The predicted molar refractivity (Wildman–Crippen MR) is 106 cm³/mol. The van der Waals surface area contributed by atoms with Gasteiger partial charge in [-0.3, -0.25) is 14.6 Å². The SMILES string of the molecule is COCCNC(=O)c1ccnc(C(=O)N2CCc3cc(OC)c(OC)cc3C2)c1. The second kappa shape index (κ2) is 9.38. The first-order valence-corrected chi connectivity index (χ1v) is 9.33. The van der Waals surface area contributed by atoms with Crippen LogP contribution in [0.15, 0.2) is 30.5 Å². The summed E-state index contributed by atoms with van der Waals surface area (Å²) in [5, 5.41) is 2.74. The minimum absolute atomic E-state index is 0.211. The molecule has 1 aromatic heterocycles. The van der Waals surface area contributed by atoms with Crippen molar-refractivity contribution in [3.63, 3.8) is 0 Å². The lowest BCUT2D eigenvalue weighted by Gasteiger charge is -2.29. The Morgan fingerprint density at radius 2 is 1.83 bits per heavy atom. The van der Waals surface area contributed by atoms with E-state index in [4.69, 9.17) is 14.2 Å². The maximum atomic E-state index is 13.0. The fourth-order valence-corrected chi connectivity index (χ4v) is 3.28. The summed E-state index contributed by atoms with van der Waals surface area (Å²) in [5.41, 5.74) is 2.78. The second-order valence-corrected chi connectivity index (χ2v) is 6.63. The zero-order valence-corrected chi connectivity index (χ0v) is 16.9. The average molecular weight is 399 g/mol. The molecule has 2 heterocycles. The molecule has 8 heteroatoms. The molecular formula is C21H25N3O5. The molecule has 3 rings (SSSR count). The van der Waals surface area contributed by atoms with Crippen LogP contribution in [0.5, 0.6) is 11.5 Å². The molecule has 0 saturated heterocycles. The third-order valence-electron chi connectivity index (χ3n) is 4.84. The van der Waals surface area contributed by atoms with Crippen molar-refractivity contribution in [2.45, 2.75) is 13.0 Å². The highest BCUT2D eigenvalue weighted by Crippen LogP contribution is 2.33. The molecule has 1 aliphatic rings. The van der Waals surface area contributed by atoms with E-state index >= 15 is 0 Å². The fourth-order valence-electron chi connectivity index (χ4n) is 3.28. The van der Waals surface area contributed by atoms with E-state index in [1.165, 1.54) is 12.3 Å². The molecule has 0 fully saturated rings. The molecular weight excluding hydrogens is 374 g/mol. The third kappa shape index (κ3) is 4.65. The lowest BCUT2D eigenvalue weighted by Crippen LogP contribution is -2.36. The number of benzene rings is 1. The highest BCUT2D eigenvalue weighted by Gasteiger charge is 2.25. The zero-order chi connectivity index (χ0) is 20.8. The first-order chi connectivity index (χ1) is 14.1. The van der Waals surface area contributed by atoms with Gasteiger partial charge in [0.15, 0.2) is 11.5 Å². The smallest absolute Gasteiger partial charge is 0.272 e. The summed E-state index contributed by atoms with van der Waals surface area (Å²) < 4.78 is 15.7. The first-order valence-electron chi connectivity index (χ1n) is 9.33. The van der Waals surface area contributed by atoms with Gasteiger partial charge in [-0.2, -0.15) is 0 Å². The molecule has 0 saturated carbocycles. The van der Waals surface area contributed by atoms with Crippen LogP contribution in [0, 0.1) is 0 Å². The minimum atomic E-state index is -0.265. The Hall–Kier alpha value is -3.13.